The predicted octanol–water partition coefficient (Wildman–Crippen LogP) is 3.12. The Kier molecular flexibility index (Phi) is 4.66. The molecule has 122 valence electrons. The van der Waals surface area contributed by atoms with E-state index in [4.69, 9.17) is 5.11 Å². The quantitative estimate of drug-likeness (QED) is 0.571. The first-order valence-electron chi connectivity index (χ1n) is 7.56. The van der Waals surface area contributed by atoms with Crippen LogP contribution in [0.4, 0.5) is 0 Å². The van der Waals surface area contributed by atoms with E-state index in [-0.39, 0.29) is 11.3 Å². The Morgan fingerprint density at radius 3 is 2.62 bits per heavy atom. The van der Waals surface area contributed by atoms with Crippen molar-refractivity contribution in [2.24, 2.45) is 0 Å². The molecule has 0 aliphatic carbocycles. The van der Waals surface area contributed by atoms with E-state index in [2.05, 4.69) is 4.98 Å². The number of thioether (sulfide) groups is 1. The maximum absolute atomic E-state index is 13.0. The molecule has 1 aromatic heterocycles. The number of aliphatic carboxylic acids is 1. The van der Waals surface area contributed by atoms with Gasteiger partial charge in [0.05, 0.1) is 22.3 Å². The van der Waals surface area contributed by atoms with Gasteiger partial charge in [0.2, 0.25) is 0 Å². The summed E-state index contributed by atoms with van der Waals surface area (Å²) in [5.41, 5.74) is 2.14. The molecule has 0 saturated heterocycles. The fourth-order valence-electron chi connectivity index (χ4n) is 2.58. The van der Waals surface area contributed by atoms with Gasteiger partial charge in [-0.1, -0.05) is 49.0 Å². The van der Waals surface area contributed by atoms with E-state index in [0.717, 1.165) is 29.4 Å². The van der Waals surface area contributed by atoms with Gasteiger partial charge in [-0.05, 0) is 30.2 Å². The van der Waals surface area contributed by atoms with Crippen molar-refractivity contribution in [1.82, 2.24) is 9.55 Å². The fourth-order valence-corrected chi connectivity index (χ4v) is 3.30. The molecule has 3 rings (SSSR count). The third-order valence-corrected chi connectivity index (χ3v) is 4.61. The summed E-state index contributed by atoms with van der Waals surface area (Å²) >= 11 is 1.05. The normalized spacial score (nSPS) is 10.9. The molecule has 2 aromatic carbocycles. The Morgan fingerprint density at radius 1 is 1.17 bits per heavy atom. The average Bonchev–Trinajstić information content (AvgIpc) is 2.60. The lowest BCUT2D eigenvalue weighted by atomic mass is 10.1. The number of para-hydroxylation sites is 2. The van der Waals surface area contributed by atoms with Crippen LogP contribution in [0.3, 0.4) is 0 Å². The van der Waals surface area contributed by atoms with Gasteiger partial charge >= 0.3 is 5.97 Å². The van der Waals surface area contributed by atoms with E-state index in [0.29, 0.717) is 16.1 Å². The average molecular weight is 340 g/mol. The topological polar surface area (TPSA) is 72.2 Å². The standard InChI is InChI=1S/C18H16N2O3S/c1-2-12-7-3-6-10-15(12)20-17(23)13-8-4-5-9-14(13)19-18(20)24-11-16(21)22/h3-10H,2,11H2,1H3,(H,21,22). The van der Waals surface area contributed by atoms with Crippen molar-refractivity contribution in [3.05, 3.63) is 64.4 Å². The minimum Gasteiger partial charge on any atom is -0.481 e. The number of carboxylic acids is 1. The lowest BCUT2D eigenvalue weighted by molar-refractivity contribution is -0.133. The van der Waals surface area contributed by atoms with Gasteiger partial charge in [0.1, 0.15) is 0 Å². The largest absolute Gasteiger partial charge is 0.481 e. The summed E-state index contributed by atoms with van der Waals surface area (Å²) in [6, 6.07) is 14.7. The van der Waals surface area contributed by atoms with Crippen LogP contribution in [0.2, 0.25) is 0 Å². The van der Waals surface area contributed by atoms with Gasteiger partial charge in [-0.2, -0.15) is 0 Å². The molecular formula is C18H16N2O3S. The predicted molar refractivity (Wildman–Crippen MR) is 95.1 cm³/mol. The van der Waals surface area contributed by atoms with Gasteiger partial charge in [0.15, 0.2) is 5.16 Å². The lowest BCUT2D eigenvalue weighted by Gasteiger charge is -2.15. The highest BCUT2D eigenvalue weighted by Gasteiger charge is 2.16. The lowest BCUT2D eigenvalue weighted by Crippen LogP contribution is -2.23. The van der Waals surface area contributed by atoms with Crippen molar-refractivity contribution in [1.29, 1.82) is 0 Å². The molecule has 0 amide bonds. The summed E-state index contributed by atoms with van der Waals surface area (Å²) in [6.45, 7) is 2.02. The Balaban J connectivity index is 2.31. The van der Waals surface area contributed by atoms with E-state index in [1.807, 2.05) is 37.3 Å². The summed E-state index contributed by atoms with van der Waals surface area (Å²) in [5, 5.41) is 9.89. The number of fused-ring (bicyclic) bond motifs is 1. The number of benzene rings is 2. The van der Waals surface area contributed by atoms with Crippen LogP contribution in [0.15, 0.2) is 58.5 Å². The number of nitrogens with zero attached hydrogens (tertiary/aromatic N) is 2. The molecular weight excluding hydrogens is 324 g/mol. The van der Waals surface area contributed by atoms with Crippen LogP contribution >= 0.6 is 11.8 Å². The summed E-state index contributed by atoms with van der Waals surface area (Å²) in [5.74, 6) is -1.10. The zero-order valence-corrected chi connectivity index (χ0v) is 13.9. The highest BCUT2D eigenvalue weighted by molar-refractivity contribution is 7.99. The van der Waals surface area contributed by atoms with Crippen molar-refractivity contribution < 1.29 is 9.90 Å². The third kappa shape index (κ3) is 3.05. The van der Waals surface area contributed by atoms with Crippen molar-refractivity contribution in [3.8, 4) is 5.69 Å². The Hall–Kier alpha value is -2.60. The van der Waals surface area contributed by atoms with Gasteiger partial charge < -0.3 is 5.11 Å². The van der Waals surface area contributed by atoms with E-state index >= 15 is 0 Å². The van der Waals surface area contributed by atoms with Crippen LogP contribution in [0.1, 0.15) is 12.5 Å². The molecule has 0 atom stereocenters. The van der Waals surface area contributed by atoms with Gasteiger partial charge in [-0.3, -0.25) is 14.2 Å². The maximum atomic E-state index is 13.0. The summed E-state index contributed by atoms with van der Waals surface area (Å²) in [6.07, 6.45) is 0.762. The first-order chi connectivity index (χ1) is 11.6. The Labute approximate surface area is 143 Å². The first-order valence-corrected chi connectivity index (χ1v) is 8.55. The molecule has 0 aliphatic heterocycles. The van der Waals surface area contributed by atoms with Crippen LogP contribution in [0.25, 0.3) is 16.6 Å². The highest BCUT2D eigenvalue weighted by Crippen LogP contribution is 2.23. The molecule has 3 aromatic rings. The SMILES string of the molecule is CCc1ccccc1-n1c(SCC(=O)O)nc2ccccc2c1=O. The number of carboxylic acid groups (broad SMARTS) is 1. The van der Waals surface area contributed by atoms with Gasteiger partial charge in [-0.15, -0.1) is 0 Å². The molecule has 5 nitrogen and oxygen atoms in total. The number of aromatic nitrogens is 2. The van der Waals surface area contributed by atoms with Crippen LogP contribution in [0, 0.1) is 0 Å². The fraction of sp³-hybridized carbons (Fsp3) is 0.167. The monoisotopic (exact) mass is 340 g/mol. The van der Waals surface area contributed by atoms with E-state index < -0.39 is 5.97 Å². The second-order valence-electron chi connectivity index (χ2n) is 5.22. The molecule has 1 N–H and O–H groups in total. The van der Waals surface area contributed by atoms with Crippen molar-refractivity contribution in [2.45, 2.75) is 18.5 Å². The van der Waals surface area contributed by atoms with Crippen LogP contribution in [-0.2, 0) is 11.2 Å². The molecule has 0 fully saturated rings. The number of hydrogen-bond acceptors (Lipinski definition) is 4. The molecule has 0 radical (unpaired) electrons. The smallest absolute Gasteiger partial charge is 0.313 e. The Bertz CT molecular complexity index is 966. The Morgan fingerprint density at radius 2 is 1.88 bits per heavy atom. The van der Waals surface area contributed by atoms with Crippen molar-refractivity contribution in [2.75, 3.05) is 5.75 Å². The van der Waals surface area contributed by atoms with Gasteiger partial charge in [0.25, 0.3) is 5.56 Å². The molecule has 0 aliphatic rings. The van der Waals surface area contributed by atoms with Gasteiger partial charge in [-0.25, -0.2) is 4.98 Å². The molecule has 1 heterocycles. The summed E-state index contributed by atoms with van der Waals surface area (Å²) < 4.78 is 1.52. The molecule has 0 bridgehead atoms. The second kappa shape index (κ2) is 6.88. The first kappa shape index (κ1) is 16.3. The number of hydrogen-bond donors (Lipinski definition) is 1. The van der Waals surface area contributed by atoms with Crippen molar-refractivity contribution >= 4 is 28.6 Å². The minimum atomic E-state index is -0.947. The number of aryl methyl sites for hydroxylation is 1. The maximum Gasteiger partial charge on any atom is 0.313 e. The second-order valence-corrected chi connectivity index (χ2v) is 6.16. The van der Waals surface area contributed by atoms with Crippen LogP contribution in [-0.4, -0.2) is 26.4 Å². The van der Waals surface area contributed by atoms with Crippen LogP contribution < -0.4 is 5.56 Å². The highest BCUT2D eigenvalue weighted by atomic mass is 32.2. The summed E-state index contributed by atoms with van der Waals surface area (Å²) in [7, 11) is 0. The molecule has 0 saturated carbocycles. The zero-order chi connectivity index (χ0) is 17.1. The van der Waals surface area contributed by atoms with Gasteiger partial charge in [0, 0.05) is 0 Å². The zero-order valence-electron chi connectivity index (χ0n) is 13.1. The molecule has 24 heavy (non-hydrogen) atoms. The number of carbonyl (C=O) groups is 1. The van der Waals surface area contributed by atoms with Crippen molar-refractivity contribution in [3.63, 3.8) is 0 Å². The molecule has 0 spiro atoms. The molecule has 0 unspecified atom stereocenters. The molecule has 6 heteroatoms. The van der Waals surface area contributed by atoms with Crippen LogP contribution in [0.5, 0.6) is 0 Å². The minimum absolute atomic E-state index is 0.154. The third-order valence-electron chi connectivity index (χ3n) is 3.68. The van der Waals surface area contributed by atoms with E-state index in [1.54, 1.807) is 18.2 Å². The summed E-state index contributed by atoms with van der Waals surface area (Å²) in [4.78, 5) is 28.5. The van der Waals surface area contributed by atoms with E-state index in [9.17, 15) is 9.59 Å². The number of rotatable bonds is 5. The van der Waals surface area contributed by atoms with E-state index in [1.165, 1.54) is 4.57 Å².